The molecule has 2 saturated heterocycles. The van der Waals surface area contributed by atoms with Gasteiger partial charge < -0.3 is 30.4 Å². The molecule has 0 bridgehead atoms. The van der Waals surface area contributed by atoms with Gasteiger partial charge in [0.1, 0.15) is 6.29 Å². The monoisotopic (exact) mass is 439 g/mol. The Kier molecular flexibility index (Phi) is 8.76. The maximum absolute atomic E-state index is 12.4. The molecule has 2 aliphatic rings. The van der Waals surface area contributed by atoms with Crippen molar-refractivity contribution in [2.24, 2.45) is 0 Å². The second-order valence-corrected chi connectivity index (χ2v) is 8.68. The fourth-order valence-electron chi connectivity index (χ4n) is 3.94. The standard InChI is InChI=1S/C21H34ClN5O3/c1-16(22)13-19(18-14-26(4)24-17(18)2)27-9-5-7-21(15-29,8-6-10-27)23-20(30)25(3)11-12-28/h13,15,24,28H,2,5-12,14H2,1,3-4H3,(H,23,30)/b16-13+,19-18+. The molecule has 2 heterocycles. The smallest absolute Gasteiger partial charge is 0.318 e. The molecule has 0 aromatic heterocycles. The van der Waals surface area contributed by atoms with E-state index in [1.165, 1.54) is 4.90 Å². The predicted molar refractivity (Wildman–Crippen MR) is 119 cm³/mol. The van der Waals surface area contributed by atoms with Gasteiger partial charge in [-0.15, -0.1) is 0 Å². The van der Waals surface area contributed by atoms with Crippen LogP contribution in [0.4, 0.5) is 4.79 Å². The third-order valence-corrected chi connectivity index (χ3v) is 5.65. The molecule has 168 valence electrons. The van der Waals surface area contributed by atoms with E-state index in [1.807, 2.05) is 25.1 Å². The molecule has 2 amide bonds. The maximum atomic E-state index is 12.4. The summed E-state index contributed by atoms with van der Waals surface area (Å²) in [6.45, 7) is 8.31. The number of amides is 2. The number of aliphatic hydroxyl groups excluding tert-OH is 1. The Morgan fingerprint density at radius 1 is 1.40 bits per heavy atom. The number of carbonyl (C=O) groups is 2. The van der Waals surface area contributed by atoms with Crippen molar-refractivity contribution in [3.8, 4) is 0 Å². The van der Waals surface area contributed by atoms with E-state index in [1.54, 1.807) is 7.05 Å². The second kappa shape index (κ2) is 10.8. The van der Waals surface area contributed by atoms with E-state index in [9.17, 15) is 9.59 Å². The van der Waals surface area contributed by atoms with Crippen LogP contribution in [0.2, 0.25) is 0 Å². The Balaban J connectivity index is 2.15. The number of carbonyl (C=O) groups excluding carboxylic acids is 2. The van der Waals surface area contributed by atoms with Crippen LogP contribution in [0.5, 0.6) is 0 Å². The molecule has 0 aliphatic carbocycles. The van der Waals surface area contributed by atoms with E-state index in [-0.39, 0.29) is 19.2 Å². The number of urea groups is 1. The van der Waals surface area contributed by atoms with Crippen LogP contribution in [0.25, 0.3) is 0 Å². The summed E-state index contributed by atoms with van der Waals surface area (Å²) in [5.74, 6) is 0. The molecule has 2 rings (SSSR count). The summed E-state index contributed by atoms with van der Waals surface area (Å²) >= 11 is 6.23. The first-order chi connectivity index (χ1) is 14.2. The first-order valence-electron chi connectivity index (χ1n) is 10.3. The Bertz CT molecular complexity index is 707. The van der Waals surface area contributed by atoms with Gasteiger partial charge in [0.2, 0.25) is 0 Å². The number of allylic oxidation sites excluding steroid dienone is 2. The molecule has 2 aliphatic heterocycles. The number of hydrogen-bond acceptors (Lipinski definition) is 6. The third kappa shape index (κ3) is 6.23. The van der Waals surface area contributed by atoms with E-state index >= 15 is 0 Å². The Labute approximate surface area is 184 Å². The van der Waals surface area contributed by atoms with Gasteiger partial charge in [0.25, 0.3) is 0 Å². The Hall–Kier alpha value is -2.03. The van der Waals surface area contributed by atoms with Gasteiger partial charge >= 0.3 is 6.03 Å². The van der Waals surface area contributed by atoms with Crippen LogP contribution >= 0.6 is 11.6 Å². The highest BCUT2D eigenvalue weighted by atomic mass is 35.5. The summed E-state index contributed by atoms with van der Waals surface area (Å²) in [6, 6.07) is -0.339. The van der Waals surface area contributed by atoms with E-state index < -0.39 is 5.54 Å². The van der Waals surface area contributed by atoms with E-state index in [4.69, 9.17) is 16.7 Å². The second-order valence-electron chi connectivity index (χ2n) is 8.08. The summed E-state index contributed by atoms with van der Waals surface area (Å²) in [6.07, 6.45) is 5.43. The molecule has 2 fully saturated rings. The molecule has 0 spiro atoms. The molecular weight excluding hydrogens is 406 g/mol. The minimum atomic E-state index is -0.878. The number of hydrazine groups is 1. The molecule has 8 nitrogen and oxygen atoms in total. The highest BCUT2D eigenvalue weighted by Crippen LogP contribution is 2.28. The highest BCUT2D eigenvalue weighted by molar-refractivity contribution is 6.29. The van der Waals surface area contributed by atoms with Crippen LogP contribution in [0.3, 0.4) is 0 Å². The lowest BCUT2D eigenvalue weighted by molar-refractivity contribution is -0.114. The van der Waals surface area contributed by atoms with Crippen molar-refractivity contribution in [2.45, 2.75) is 38.1 Å². The lowest BCUT2D eigenvalue weighted by Crippen LogP contribution is -2.55. The predicted octanol–water partition coefficient (Wildman–Crippen LogP) is 1.79. The largest absolute Gasteiger partial charge is 0.395 e. The molecular formula is C21H34ClN5O3. The number of likely N-dealkylation sites (tertiary alicyclic amines) is 1. The molecule has 9 heteroatoms. The molecule has 0 atom stereocenters. The number of halogens is 1. The number of nitrogens with zero attached hydrogens (tertiary/aromatic N) is 3. The third-order valence-electron chi connectivity index (χ3n) is 5.54. The van der Waals surface area contributed by atoms with Crippen molar-refractivity contribution >= 4 is 23.9 Å². The molecule has 0 saturated carbocycles. The molecule has 30 heavy (non-hydrogen) atoms. The number of aliphatic hydroxyl groups is 1. The van der Waals surface area contributed by atoms with Gasteiger partial charge in [-0.3, -0.25) is 0 Å². The summed E-state index contributed by atoms with van der Waals surface area (Å²) < 4.78 is 0. The van der Waals surface area contributed by atoms with Gasteiger partial charge in [0.05, 0.1) is 12.1 Å². The van der Waals surface area contributed by atoms with Crippen molar-refractivity contribution in [3.05, 3.63) is 34.7 Å². The van der Waals surface area contributed by atoms with Crippen molar-refractivity contribution < 1.29 is 14.7 Å². The first-order valence-corrected chi connectivity index (χ1v) is 10.7. The zero-order chi connectivity index (χ0) is 22.3. The Morgan fingerprint density at radius 3 is 2.50 bits per heavy atom. The normalized spacial score (nSPS) is 22.1. The van der Waals surface area contributed by atoms with Gasteiger partial charge in [-0.25, -0.2) is 9.80 Å². The first kappa shape index (κ1) is 24.2. The topological polar surface area (TPSA) is 88.2 Å². The van der Waals surface area contributed by atoms with Gasteiger partial charge in [-0.2, -0.15) is 0 Å². The lowest BCUT2D eigenvalue weighted by atomic mass is 9.88. The molecule has 0 aromatic rings. The lowest BCUT2D eigenvalue weighted by Gasteiger charge is -2.37. The van der Waals surface area contributed by atoms with Crippen molar-refractivity contribution in [3.63, 3.8) is 0 Å². The summed E-state index contributed by atoms with van der Waals surface area (Å²) in [7, 11) is 3.57. The minimum absolute atomic E-state index is 0.118. The van der Waals surface area contributed by atoms with E-state index in [0.717, 1.165) is 55.7 Å². The summed E-state index contributed by atoms with van der Waals surface area (Å²) in [4.78, 5) is 28.0. The summed E-state index contributed by atoms with van der Waals surface area (Å²) in [5.41, 5.74) is 5.37. The average molecular weight is 440 g/mol. The van der Waals surface area contributed by atoms with Crippen LogP contribution in [-0.4, -0.2) is 84.7 Å². The van der Waals surface area contributed by atoms with Gasteiger partial charge in [-0.1, -0.05) is 18.2 Å². The number of likely N-dealkylation sites (N-methyl/N-ethyl adjacent to an activating group) is 2. The molecule has 0 radical (unpaired) electrons. The summed E-state index contributed by atoms with van der Waals surface area (Å²) in [5, 5.41) is 14.6. The van der Waals surface area contributed by atoms with Crippen molar-refractivity contribution in [1.29, 1.82) is 0 Å². The molecule has 0 aromatic carbocycles. The van der Waals surface area contributed by atoms with Crippen molar-refractivity contribution in [2.75, 3.05) is 46.9 Å². The number of aldehydes is 1. The Morgan fingerprint density at radius 2 is 2.03 bits per heavy atom. The fraction of sp³-hybridized carbons (Fsp3) is 0.619. The average Bonchev–Trinajstić information content (AvgIpc) is 3.00. The fourth-order valence-corrected chi connectivity index (χ4v) is 4.05. The van der Waals surface area contributed by atoms with E-state index in [0.29, 0.717) is 17.9 Å². The van der Waals surface area contributed by atoms with Crippen LogP contribution in [-0.2, 0) is 4.79 Å². The van der Waals surface area contributed by atoms with Crippen LogP contribution in [0.15, 0.2) is 34.7 Å². The quantitative estimate of drug-likeness (QED) is 0.547. The number of rotatable bonds is 6. The zero-order valence-corrected chi connectivity index (χ0v) is 19.0. The van der Waals surface area contributed by atoms with Crippen LogP contribution in [0.1, 0.15) is 32.6 Å². The SMILES string of the molecule is C=C1NN(C)C/C1=C(/C=C(\C)Cl)N1CCCC(C=O)(NC(=O)N(C)CCO)CCC1. The van der Waals surface area contributed by atoms with Crippen LogP contribution in [0, 0.1) is 0 Å². The van der Waals surface area contributed by atoms with Gasteiger partial charge in [-0.05, 0) is 38.7 Å². The van der Waals surface area contributed by atoms with E-state index in [2.05, 4.69) is 22.2 Å². The van der Waals surface area contributed by atoms with Crippen LogP contribution < -0.4 is 10.7 Å². The molecule has 3 N–H and O–H groups in total. The van der Waals surface area contributed by atoms with Gasteiger partial charge in [0.15, 0.2) is 0 Å². The zero-order valence-electron chi connectivity index (χ0n) is 18.2. The minimum Gasteiger partial charge on any atom is -0.395 e. The number of nitrogens with one attached hydrogen (secondary N) is 2. The number of hydrogen-bond donors (Lipinski definition) is 3. The molecule has 0 unspecified atom stereocenters. The maximum Gasteiger partial charge on any atom is 0.318 e. The highest BCUT2D eigenvalue weighted by Gasteiger charge is 2.34. The van der Waals surface area contributed by atoms with Crippen molar-refractivity contribution in [1.82, 2.24) is 25.6 Å². The van der Waals surface area contributed by atoms with Gasteiger partial charge in [0, 0.05) is 62.3 Å².